The molecule has 9 nitrogen and oxygen atoms in total. The Labute approximate surface area is 198 Å². The van der Waals surface area contributed by atoms with E-state index >= 15 is 0 Å². The molecule has 2 aliphatic heterocycles. The molecule has 2 saturated heterocycles. The zero-order chi connectivity index (χ0) is 23.9. The number of hydrogen-bond acceptors (Lipinski definition) is 8. The standard InChI is InChI=1S/C25H31NO8/c1-16(28)26-21-23(30-13-17-8-4-2-5-9-17)22-20(33-25(21)31-14-19(29)12-27)15-32-24(34-22)18-10-6-3-7-11-18/h2-11,19-25,27,29H,12-15H2,1H3,(H,26,28)/t19-,20-,21-,22-,23-,24?,25-/m1/s1. The van der Waals surface area contributed by atoms with E-state index in [1.807, 2.05) is 60.7 Å². The molecule has 0 saturated carbocycles. The molecule has 184 valence electrons. The second-order valence-electron chi connectivity index (χ2n) is 8.38. The first-order chi connectivity index (χ1) is 16.5. The first-order valence-corrected chi connectivity index (χ1v) is 11.4. The number of aliphatic hydroxyl groups is 2. The largest absolute Gasteiger partial charge is 0.394 e. The van der Waals surface area contributed by atoms with Gasteiger partial charge in [-0.15, -0.1) is 0 Å². The zero-order valence-electron chi connectivity index (χ0n) is 19.0. The van der Waals surface area contributed by atoms with Gasteiger partial charge < -0.3 is 39.2 Å². The fourth-order valence-corrected chi connectivity index (χ4v) is 4.11. The third kappa shape index (κ3) is 6.19. The van der Waals surface area contributed by atoms with Crippen LogP contribution in [0, 0.1) is 0 Å². The summed E-state index contributed by atoms with van der Waals surface area (Å²) in [6.45, 7) is 1.29. The Morgan fingerprint density at radius 3 is 2.47 bits per heavy atom. The Morgan fingerprint density at radius 1 is 1.09 bits per heavy atom. The first kappa shape index (κ1) is 24.7. The van der Waals surface area contributed by atoms with Crippen LogP contribution in [0.25, 0.3) is 0 Å². The second-order valence-corrected chi connectivity index (χ2v) is 8.38. The predicted octanol–water partition coefficient (Wildman–Crippen LogP) is 1.29. The lowest BCUT2D eigenvalue weighted by Crippen LogP contribution is -2.67. The summed E-state index contributed by atoms with van der Waals surface area (Å²) >= 11 is 0. The number of ether oxygens (including phenoxy) is 5. The van der Waals surface area contributed by atoms with Crippen LogP contribution in [0.5, 0.6) is 0 Å². The van der Waals surface area contributed by atoms with E-state index < -0.39 is 49.6 Å². The molecule has 3 N–H and O–H groups in total. The maximum absolute atomic E-state index is 12.1. The van der Waals surface area contributed by atoms with E-state index in [4.69, 9.17) is 28.8 Å². The minimum Gasteiger partial charge on any atom is -0.394 e. The van der Waals surface area contributed by atoms with Crippen molar-refractivity contribution in [3.63, 3.8) is 0 Å². The third-order valence-corrected chi connectivity index (χ3v) is 5.73. The molecular formula is C25H31NO8. The van der Waals surface area contributed by atoms with E-state index in [-0.39, 0.29) is 25.7 Å². The van der Waals surface area contributed by atoms with Crippen molar-refractivity contribution >= 4 is 5.91 Å². The van der Waals surface area contributed by atoms with Gasteiger partial charge >= 0.3 is 0 Å². The van der Waals surface area contributed by atoms with Gasteiger partial charge in [0.2, 0.25) is 5.91 Å². The number of amides is 1. The van der Waals surface area contributed by atoms with E-state index in [1.165, 1.54) is 6.92 Å². The van der Waals surface area contributed by atoms with Gasteiger partial charge in [0.1, 0.15) is 30.5 Å². The molecule has 2 aromatic rings. The molecule has 0 aromatic heterocycles. The van der Waals surface area contributed by atoms with E-state index in [0.29, 0.717) is 0 Å². The monoisotopic (exact) mass is 473 g/mol. The fourth-order valence-electron chi connectivity index (χ4n) is 4.11. The van der Waals surface area contributed by atoms with Crippen LogP contribution < -0.4 is 5.32 Å². The molecule has 4 rings (SSSR count). The highest BCUT2D eigenvalue weighted by atomic mass is 16.8. The average Bonchev–Trinajstić information content (AvgIpc) is 2.87. The van der Waals surface area contributed by atoms with Gasteiger partial charge in [-0.3, -0.25) is 4.79 Å². The Kier molecular flexibility index (Phi) is 8.63. The SMILES string of the molecule is CC(=O)N[C@H]1[C@H](OC[C@H](O)CO)O[C@@H]2COC(c3ccccc3)O[C@H]2[C@@H]1OCc1ccccc1. The lowest BCUT2D eigenvalue weighted by atomic mass is 9.95. The Balaban J connectivity index is 1.58. The molecule has 2 heterocycles. The van der Waals surface area contributed by atoms with E-state index in [1.54, 1.807) is 0 Å². The molecule has 7 atom stereocenters. The van der Waals surface area contributed by atoms with Crippen molar-refractivity contribution in [3.05, 3.63) is 71.8 Å². The molecule has 1 unspecified atom stereocenters. The van der Waals surface area contributed by atoms with E-state index in [2.05, 4.69) is 5.32 Å². The molecule has 0 radical (unpaired) electrons. The molecule has 2 aliphatic rings. The van der Waals surface area contributed by atoms with E-state index in [9.17, 15) is 9.90 Å². The van der Waals surface area contributed by atoms with Crippen LogP contribution in [0.4, 0.5) is 0 Å². The summed E-state index contributed by atoms with van der Waals surface area (Å²) in [5.41, 5.74) is 1.83. The summed E-state index contributed by atoms with van der Waals surface area (Å²) in [6.07, 6.45) is -4.34. The van der Waals surface area contributed by atoms with Crippen molar-refractivity contribution in [1.82, 2.24) is 5.32 Å². The number of carbonyl (C=O) groups excluding carboxylic acids is 1. The van der Waals surface area contributed by atoms with Gasteiger partial charge in [-0.1, -0.05) is 60.7 Å². The van der Waals surface area contributed by atoms with Crippen molar-refractivity contribution in [2.75, 3.05) is 19.8 Å². The van der Waals surface area contributed by atoms with Crippen LogP contribution in [0.15, 0.2) is 60.7 Å². The highest BCUT2D eigenvalue weighted by Gasteiger charge is 2.51. The quantitative estimate of drug-likeness (QED) is 0.499. The van der Waals surface area contributed by atoms with Crippen molar-refractivity contribution in [3.8, 4) is 0 Å². The summed E-state index contributed by atoms with van der Waals surface area (Å²) in [7, 11) is 0. The number of carbonyl (C=O) groups is 1. The van der Waals surface area contributed by atoms with Crippen LogP contribution in [-0.2, 0) is 35.1 Å². The van der Waals surface area contributed by atoms with Crippen LogP contribution in [0.1, 0.15) is 24.3 Å². The summed E-state index contributed by atoms with van der Waals surface area (Å²) in [5, 5.41) is 21.8. The normalized spacial score (nSPS) is 29.7. The number of hydrogen-bond donors (Lipinski definition) is 3. The fraction of sp³-hybridized carbons (Fsp3) is 0.480. The topological polar surface area (TPSA) is 116 Å². The maximum atomic E-state index is 12.1. The first-order valence-electron chi connectivity index (χ1n) is 11.4. The summed E-state index contributed by atoms with van der Waals surface area (Å²) in [5.74, 6) is -0.289. The minimum absolute atomic E-state index is 0.172. The maximum Gasteiger partial charge on any atom is 0.217 e. The zero-order valence-corrected chi connectivity index (χ0v) is 19.0. The molecule has 34 heavy (non-hydrogen) atoms. The lowest BCUT2D eigenvalue weighted by molar-refractivity contribution is -0.350. The molecule has 1 amide bonds. The van der Waals surface area contributed by atoms with Crippen molar-refractivity contribution in [1.29, 1.82) is 0 Å². The van der Waals surface area contributed by atoms with Crippen molar-refractivity contribution in [2.45, 2.75) is 56.6 Å². The summed E-state index contributed by atoms with van der Waals surface area (Å²) < 4.78 is 30.4. The molecule has 2 aromatic carbocycles. The van der Waals surface area contributed by atoms with Gasteiger partial charge in [0.25, 0.3) is 0 Å². The predicted molar refractivity (Wildman–Crippen MR) is 120 cm³/mol. The van der Waals surface area contributed by atoms with Gasteiger partial charge in [0.05, 0.1) is 26.4 Å². The molecule has 0 spiro atoms. The number of fused-ring (bicyclic) bond motifs is 1. The highest BCUT2D eigenvalue weighted by Crippen LogP contribution is 2.36. The lowest BCUT2D eigenvalue weighted by Gasteiger charge is -2.49. The highest BCUT2D eigenvalue weighted by molar-refractivity contribution is 5.73. The van der Waals surface area contributed by atoms with Crippen molar-refractivity contribution < 1.29 is 38.7 Å². The molecule has 9 heteroatoms. The van der Waals surface area contributed by atoms with Crippen LogP contribution >= 0.6 is 0 Å². The Morgan fingerprint density at radius 2 is 1.79 bits per heavy atom. The van der Waals surface area contributed by atoms with Gasteiger partial charge in [-0.05, 0) is 5.56 Å². The van der Waals surface area contributed by atoms with Crippen molar-refractivity contribution in [2.24, 2.45) is 0 Å². The second kappa shape index (κ2) is 11.9. The molecule has 2 fully saturated rings. The third-order valence-electron chi connectivity index (χ3n) is 5.73. The smallest absolute Gasteiger partial charge is 0.217 e. The van der Waals surface area contributed by atoms with Gasteiger partial charge in [-0.2, -0.15) is 0 Å². The Bertz CT molecular complexity index is 898. The summed E-state index contributed by atoms with van der Waals surface area (Å²) in [4.78, 5) is 12.1. The minimum atomic E-state index is -1.08. The van der Waals surface area contributed by atoms with Crippen LogP contribution in [-0.4, -0.2) is 72.7 Å². The van der Waals surface area contributed by atoms with Crippen LogP contribution in [0.3, 0.4) is 0 Å². The van der Waals surface area contributed by atoms with Gasteiger partial charge in [0.15, 0.2) is 12.6 Å². The van der Waals surface area contributed by atoms with E-state index in [0.717, 1.165) is 11.1 Å². The van der Waals surface area contributed by atoms with Crippen LogP contribution in [0.2, 0.25) is 0 Å². The van der Waals surface area contributed by atoms with Gasteiger partial charge in [0, 0.05) is 12.5 Å². The average molecular weight is 474 g/mol. The number of aliphatic hydroxyl groups excluding tert-OH is 2. The number of rotatable bonds is 9. The Hall–Kier alpha value is -2.37. The molecule has 0 bridgehead atoms. The molecular weight excluding hydrogens is 442 g/mol. The molecule has 0 aliphatic carbocycles. The number of benzene rings is 2. The summed E-state index contributed by atoms with van der Waals surface area (Å²) in [6, 6.07) is 18.5. The van der Waals surface area contributed by atoms with Gasteiger partial charge in [-0.25, -0.2) is 0 Å². The number of nitrogens with one attached hydrogen (secondary N) is 1.